The van der Waals surface area contributed by atoms with E-state index in [2.05, 4.69) is 99.9 Å². The van der Waals surface area contributed by atoms with Gasteiger partial charge in [0.15, 0.2) is 0 Å². The highest BCUT2D eigenvalue weighted by Gasteiger charge is 2.20. The topological polar surface area (TPSA) is 38.4 Å². The van der Waals surface area contributed by atoms with E-state index < -0.39 is 0 Å². The van der Waals surface area contributed by atoms with Crippen LogP contribution in [0.25, 0.3) is 20.9 Å². The molecule has 6 rings (SSSR count). The van der Waals surface area contributed by atoms with E-state index in [1.807, 2.05) is 54.6 Å². The van der Waals surface area contributed by atoms with Crippen LogP contribution in [0.2, 0.25) is 0 Å². The molecule has 222 valence electrons. The summed E-state index contributed by atoms with van der Waals surface area (Å²) in [4.78, 5) is 18.0. The van der Waals surface area contributed by atoms with Crippen molar-refractivity contribution in [1.29, 1.82) is 0 Å². The van der Waals surface area contributed by atoms with E-state index >= 15 is 0 Å². The molecular formula is C37H36N3O2S2+. The number of rotatable bonds is 12. The Balaban J connectivity index is 1.26. The fourth-order valence-electron chi connectivity index (χ4n) is 5.31. The quantitative estimate of drug-likeness (QED) is 0.101. The summed E-state index contributed by atoms with van der Waals surface area (Å²) in [6.07, 6.45) is 8.73. The first-order valence-corrected chi connectivity index (χ1v) is 16.7. The largest absolute Gasteiger partial charge is 0.455 e. The number of esters is 1. The first-order chi connectivity index (χ1) is 21.6. The Morgan fingerprint density at radius 1 is 0.818 bits per heavy atom. The molecule has 44 heavy (non-hydrogen) atoms. The maximum atomic E-state index is 13.3. The lowest BCUT2D eigenvalue weighted by atomic mass is 10.1. The molecule has 0 spiro atoms. The van der Waals surface area contributed by atoms with Gasteiger partial charge in [0.1, 0.15) is 25.0 Å². The monoisotopic (exact) mass is 618 g/mol. The number of imidazole rings is 1. The molecule has 7 heteroatoms. The number of aromatic nitrogens is 2. The van der Waals surface area contributed by atoms with Gasteiger partial charge in [-0.25, -0.2) is 13.9 Å². The normalized spacial score (nSPS) is 11.8. The Morgan fingerprint density at radius 3 is 1.82 bits per heavy atom. The highest BCUT2D eigenvalue weighted by molar-refractivity contribution is 7.13. The molecular weight excluding hydrogens is 583 g/mol. The number of thiophene rings is 2. The summed E-state index contributed by atoms with van der Waals surface area (Å²) in [5.41, 5.74) is 6.00. The summed E-state index contributed by atoms with van der Waals surface area (Å²) in [6.45, 7) is 2.80. The highest BCUT2D eigenvalue weighted by Crippen LogP contribution is 2.37. The predicted molar refractivity (Wildman–Crippen MR) is 182 cm³/mol. The van der Waals surface area contributed by atoms with Gasteiger partial charge >= 0.3 is 5.97 Å². The third kappa shape index (κ3) is 7.01. The lowest BCUT2D eigenvalue weighted by Crippen LogP contribution is -2.27. The minimum atomic E-state index is -0.290. The second-order valence-corrected chi connectivity index (χ2v) is 12.8. The van der Waals surface area contributed by atoms with Gasteiger partial charge in [-0.15, -0.1) is 22.7 Å². The molecule has 0 radical (unpaired) electrons. The molecule has 1 unspecified atom stereocenters. The number of carbonyl (C=O) groups excluding carboxylic acids is 1. The smallest absolute Gasteiger partial charge is 0.338 e. The Bertz CT molecular complexity index is 1680. The zero-order valence-corrected chi connectivity index (χ0v) is 26.6. The third-order valence-corrected chi connectivity index (χ3v) is 9.45. The van der Waals surface area contributed by atoms with E-state index in [-0.39, 0.29) is 12.1 Å². The number of hydrogen-bond acceptors (Lipinski definition) is 5. The maximum absolute atomic E-state index is 13.3. The van der Waals surface area contributed by atoms with Gasteiger partial charge in [-0.2, -0.15) is 0 Å². The van der Waals surface area contributed by atoms with Crippen LogP contribution in [0.4, 0.5) is 17.1 Å². The van der Waals surface area contributed by atoms with Crippen LogP contribution < -0.4 is 9.47 Å². The summed E-state index contributed by atoms with van der Waals surface area (Å²) in [6, 6.07) is 33.5. The van der Waals surface area contributed by atoms with Crippen molar-refractivity contribution in [1.82, 2.24) is 4.57 Å². The molecule has 6 aromatic rings. The number of unbranched alkanes of at least 4 members (excludes halogenated alkanes) is 1. The van der Waals surface area contributed by atoms with Crippen molar-refractivity contribution in [3.05, 3.63) is 132 Å². The number of benzene rings is 3. The van der Waals surface area contributed by atoms with Gasteiger partial charge in [0, 0.05) is 26.8 Å². The van der Waals surface area contributed by atoms with Crippen molar-refractivity contribution in [2.45, 2.75) is 38.8 Å². The van der Waals surface area contributed by atoms with E-state index in [1.165, 1.54) is 20.9 Å². The van der Waals surface area contributed by atoms with Crippen LogP contribution in [0.5, 0.6) is 0 Å². The van der Waals surface area contributed by atoms with Crippen LogP contribution in [-0.4, -0.2) is 16.6 Å². The lowest BCUT2D eigenvalue weighted by Gasteiger charge is -2.26. The van der Waals surface area contributed by atoms with Crippen molar-refractivity contribution in [2.75, 3.05) is 4.90 Å². The molecule has 0 bridgehead atoms. The van der Waals surface area contributed by atoms with Gasteiger partial charge in [0.25, 0.3) is 0 Å². The predicted octanol–water partition coefficient (Wildman–Crippen LogP) is 9.66. The van der Waals surface area contributed by atoms with Crippen molar-refractivity contribution in [3.63, 3.8) is 0 Å². The average Bonchev–Trinajstić information content (AvgIpc) is 3.85. The lowest BCUT2D eigenvalue weighted by molar-refractivity contribution is -0.671. The molecule has 1 atom stereocenters. The molecule has 0 aliphatic carbocycles. The Labute approximate surface area is 267 Å². The summed E-state index contributed by atoms with van der Waals surface area (Å²) in [7, 11) is 1.99. The van der Waals surface area contributed by atoms with Crippen LogP contribution in [0.15, 0.2) is 127 Å². The number of ether oxygens (including phenoxy) is 1. The highest BCUT2D eigenvalue weighted by atomic mass is 32.1. The first kappa shape index (κ1) is 29.6. The molecule has 5 nitrogen and oxygen atoms in total. The van der Waals surface area contributed by atoms with E-state index in [0.29, 0.717) is 12.1 Å². The number of carbonyl (C=O) groups is 1. The number of hydrogen-bond donors (Lipinski definition) is 0. The van der Waals surface area contributed by atoms with Gasteiger partial charge in [-0.3, -0.25) is 0 Å². The van der Waals surface area contributed by atoms with Crippen molar-refractivity contribution in [2.24, 2.45) is 7.05 Å². The fraction of sp³-hybridized carbons (Fsp3) is 0.189. The fourth-order valence-corrected chi connectivity index (χ4v) is 6.78. The van der Waals surface area contributed by atoms with Crippen LogP contribution in [-0.2, 0) is 18.3 Å². The second kappa shape index (κ2) is 13.9. The molecule has 3 aromatic carbocycles. The van der Waals surface area contributed by atoms with Crippen molar-refractivity contribution >= 4 is 45.7 Å². The van der Waals surface area contributed by atoms with Crippen LogP contribution in [0, 0.1) is 0 Å². The maximum Gasteiger partial charge on any atom is 0.338 e. The first-order valence-electron chi connectivity index (χ1n) is 15.0. The van der Waals surface area contributed by atoms with Gasteiger partial charge in [-0.1, -0.05) is 49.7 Å². The SMILES string of the molecule is CCCCC(Cn1cc[n+](C)c1)OC(=O)c1ccc(N(c2ccc(-c3cccs3)cc2)c2ccc(-c3cccs3)cc2)cc1. The molecule has 0 N–H and O–H groups in total. The van der Waals surface area contributed by atoms with Crippen molar-refractivity contribution < 1.29 is 14.1 Å². The zero-order chi connectivity index (χ0) is 30.3. The van der Waals surface area contributed by atoms with Crippen molar-refractivity contribution in [3.8, 4) is 20.9 Å². The second-order valence-electron chi connectivity index (χ2n) is 10.9. The molecule has 3 aromatic heterocycles. The zero-order valence-electron chi connectivity index (χ0n) is 25.0. The number of aryl methyl sites for hydroxylation is 1. The Kier molecular flexibility index (Phi) is 9.34. The standard InChI is InChI=1S/C37H36N3O2S2/c1-3-4-7-34(26-39-23-22-38(2)27-39)42-37(41)30-14-20-33(21-15-30)40(31-16-10-28(11-17-31)35-8-5-24-43-35)32-18-12-29(13-19-32)36-9-6-25-44-36/h5-6,8-25,27,34H,3-4,7,26H2,1-2H3/q+1. The van der Waals surface area contributed by atoms with Gasteiger partial charge in [-0.05, 0) is 95.4 Å². The summed E-state index contributed by atoms with van der Waals surface area (Å²) in [5, 5.41) is 4.20. The number of nitrogens with zero attached hydrogens (tertiary/aromatic N) is 3. The van der Waals surface area contributed by atoms with E-state index in [9.17, 15) is 4.79 Å². The molecule has 0 aliphatic rings. The molecule has 0 saturated heterocycles. The van der Waals surface area contributed by atoms with Gasteiger partial charge in [0.2, 0.25) is 6.33 Å². The average molecular weight is 619 g/mol. The van der Waals surface area contributed by atoms with E-state index in [1.54, 1.807) is 22.7 Å². The minimum absolute atomic E-state index is 0.185. The number of anilines is 3. The van der Waals surface area contributed by atoms with Gasteiger partial charge in [0.05, 0.1) is 12.6 Å². The Morgan fingerprint density at radius 2 is 1.36 bits per heavy atom. The molecule has 0 amide bonds. The minimum Gasteiger partial charge on any atom is -0.455 e. The van der Waals surface area contributed by atoms with Gasteiger partial charge < -0.3 is 9.64 Å². The Hall–Kier alpha value is -4.46. The molecule has 0 saturated carbocycles. The molecule has 0 aliphatic heterocycles. The summed E-state index contributed by atoms with van der Waals surface area (Å²) >= 11 is 3.48. The van der Waals surface area contributed by atoms with Crippen LogP contribution in [0.3, 0.4) is 0 Å². The van der Waals surface area contributed by atoms with E-state index in [0.717, 1.165) is 36.3 Å². The third-order valence-electron chi connectivity index (χ3n) is 7.62. The van der Waals surface area contributed by atoms with E-state index in [4.69, 9.17) is 4.74 Å². The molecule has 3 heterocycles. The summed E-state index contributed by atoms with van der Waals surface area (Å²) < 4.78 is 10.1. The molecule has 0 fully saturated rings. The van der Waals surface area contributed by atoms with Crippen LogP contribution >= 0.6 is 22.7 Å². The van der Waals surface area contributed by atoms with Crippen LogP contribution in [0.1, 0.15) is 36.5 Å². The summed E-state index contributed by atoms with van der Waals surface area (Å²) in [5.74, 6) is -0.290.